The Morgan fingerprint density at radius 1 is 1.19 bits per heavy atom. The highest BCUT2D eigenvalue weighted by molar-refractivity contribution is 7.98. The van der Waals surface area contributed by atoms with E-state index in [1.807, 2.05) is 18.4 Å². The molecule has 0 saturated carbocycles. The van der Waals surface area contributed by atoms with E-state index in [1.54, 1.807) is 30.8 Å². The Labute approximate surface area is 160 Å². The minimum Gasteiger partial charge on any atom is -0.387 e. The highest BCUT2D eigenvalue weighted by Crippen LogP contribution is 2.21. The summed E-state index contributed by atoms with van der Waals surface area (Å²) in [7, 11) is 0. The molecule has 2 aromatic rings. The summed E-state index contributed by atoms with van der Waals surface area (Å²) in [4.78, 5) is 35.1. The van der Waals surface area contributed by atoms with E-state index in [9.17, 15) is 24.8 Å². The number of aliphatic hydroxyl groups excluding tert-OH is 1. The summed E-state index contributed by atoms with van der Waals surface area (Å²) in [6.45, 7) is 1.46. The van der Waals surface area contributed by atoms with Gasteiger partial charge in [-0.2, -0.15) is 0 Å². The van der Waals surface area contributed by atoms with Gasteiger partial charge in [-0.1, -0.05) is 12.1 Å². The number of nitro groups is 1. The molecule has 27 heavy (non-hydrogen) atoms. The number of aryl methyl sites for hydroxylation is 1. The molecule has 8 nitrogen and oxygen atoms in total. The van der Waals surface area contributed by atoms with Crippen molar-refractivity contribution in [3.8, 4) is 0 Å². The van der Waals surface area contributed by atoms with E-state index < -0.39 is 22.8 Å². The zero-order valence-electron chi connectivity index (χ0n) is 14.8. The van der Waals surface area contributed by atoms with Crippen molar-refractivity contribution in [2.75, 3.05) is 18.1 Å². The van der Waals surface area contributed by atoms with Crippen LogP contribution in [0, 0.1) is 17.0 Å². The number of carbonyl (C=O) groups excluding carboxylic acids is 2. The van der Waals surface area contributed by atoms with Crippen LogP contribution in [-0.4, -0.2) is 34.6 Å². The lowest BCUT2D eigenvalue weighted by Crippen LogP contribution is -2.37. The number of aliphatic hydroxyl groups is 1. The molecule has 0 radical (unpaired) electrons. The maximum absolute atomic E-state index is 12.0. The van der Waals surface area contributed by atoms with Crippen molar-refractivity contribution >= 4 is 35.0 Å². The summed E-state index contributed by atoms with van der Waals surface area (Å²) < 4.78 is 0. The molecule has 142 valence electrons. The number of anilines is 1. The van der Waals surface area contributed by atoms with Gasteiger partial charge in [0.05, 0.1) is 11.0 Å². The summed E-state index contributed by atoms with van der Waals surface area (Å²) >= 11 is 1.57. The first kappa shape index (κ1) is 20.4. The number of thioether (sulfide) groups is 1. The first-order valence-electron chi connectivity index (χ1n) is 7.98. The first-order valence-corrected chi connectivity index (χ1v) is 9.20. The molecule has 0 heterocycles. The van der Waals surface area contributed by atoms with Crippen molar-refractivity contribution in [3.05, 3.63) is 63.7 Å². The Hall–Kier alpha value is -2.91. The van der Waals surface area contributed by atoms with Crippen molar-refractivity contribution in [2.24, 2.45) is 0 Å². The third-order valence-electron chi connectivity index (χ3n) is 3.83. The third kappa shape index (κ3) is 5.53. The van der Waals surface area contributed by atoms with Gasteiger partial charge >= 0.3 is 11.8 Å². The normalized spacial score (nSPS) is 11.5. The van der Waals surface area contributed by atoms with Crippen LogP contribution in [0.5, 0.6) is 0 Å². The quantitative estimate of drug-likeness (QED) is 0.302. The molecule has 2 aromatic carbocycles. The molecular weight excluding hydrogens is 370 g/mol. The van der Waals surface area contributed by atoms with Gasteiger partial charge in [0, 0.05) is 29.3 Å². The summed E-state index contributed by atoms with van der Waals surface area (Å²) in [6, 6.07) is 11.1. The van der Waals surface area contributed by atoms with E-state index >= 15 is 0 Å². The topological polar surface area (TPSA) is 122 Å². The summed E-state index contributed by atoms with van der Waals surface area (Å²) in [5.74, 6) is -1.83. The number of carbonyl (C=O) groups is 2. The van der Waals surface area contributed by atoms with Crippen LogP contribution in [0.25, 0.3) is 0 Å². The number of hydrogen-bond donors (Lipinski definition) is 3. The maximum Gasteiger partial charge on any atom is 0.313 e. The summed E-state index contributed by atoms with van der Waals surface area (Å²) in [5, 5.41) is 25.6. The number of nitrogens with zero attached hydrogens (tertiary/aromatic N) is 1. The number of nitrogens with one attached hydrogen (secondary N) is 2. The van der Waals surface area contributed by atoms with Gasteiger partial charge in [-0.25, -0.2) is 0 Å². The maximum atomic E-state index is 12.0. The van der Waals surface area contributed by atoms with Gasteiger partial charge in [-0.05, 0) is 42.5 Å². The molecule has 1 atom stereocenters. The third-order valence-corrected chi connectivity index (χ3v) is 4.58. The number of nitro benzene ring substituents is 1. The minimum atomic E-state index is -0.946. The SMILES string of the molecule is CSc1ccc(C(O)CNC(=O)C(=O)Nc2ccc([N+](=O)[O-])cc2C)cc1. The number of non-ortho nitro benzene ring substituents is 1. The second kappa shape index (κ2) is 9.15. The van der Waals surface area contributed by atoms with Crippen molar-refractivity contribution in [2.45, 2.75) is 17.9 Å². The molecule has 0 aromatic heterocycles. The van der Waals surface area contributed by atoms with Gasteiger partial charge in [0.15, 0.2) is 0 Å². The van der Waals surface area contributed by atoms with Crippen molar-refractivity contribution in [1.29, 1.82) is 0 Å². The van der Waals surface area contributed by atoms with Gasteiger partial charge in [-0.3, -0.25) is 19.7 Å². The molecule has 2 rings (SSSR count). The van der Waals surface area contributed by atoms with Crippen LogP contribution in [-0.2, 0) is 9.59 Å². The molecule has 0 aliphatic carbocycles. The Morgan fingerprint density at radius 2 is 1.85 bits per heavy atom. The van der Waals surface area contributed by atoms with E-state index in [0.717, 1.165) is 4.90 Å². The Morgan fingerprint density at radius 3 is 2.41 bits per heavy atom. The van der Waals surface area contributed by atoms with E-state index in [1.165, 1.54) is 18.2 Å². The fourth-order valence-electron chi connectivity index (χ4n) is 2.29. The molecule has 0 saturated heterocycles. The zero-order valence-corrected chi connectivity index (χ0v) is 15.6. The molecule has 3 N–H and O–H groups in total. The van der Waals surface area contributed by atoms with Crippen LogP contribution in [0.2, 0.25) is 0 Å². The van der Waals surface area contributed by atoms with Crippen LogP contribution < -0.4 is 10.6 Å². The monoisotopic (exact) mass is 389 g/mol. The lowest BCUT2D eigenvalue weighted by Gasteiger charge is -2.13. The molecule has 9 heteroatoms. The predicted octanol–water partition coefficient (Wildman–Crippen LogP) is 2.41. The summed E-state index contributed by atoms with van der Waals surface area (Å²) in [6.07, 6.45) is 0.996. The molecule has 0 aliphatic rings. The van der Waals surface area contributed by atoms with Gasteiger partial charge in [0.25, 0.3) is 5.69 Å². The number of amides is 2. The van der Waals surface area contributed by atoms with Gasteiger partial charge in [0.1, 0.15) is 0 Å². The minimum absolute atomic E-state index is 0.106. The van der Waals surface area contributed by atoms with Crippen LogP contribution in [0.1, 0.15) is 17.2 Å². The van der Waals surface area contributed by atoms with E-state index in [0.29, 0.717) is 16.8 Å². The van der Waals surface area contributed by atoms with Crippen molar-refractivity contribution in [3.63, 3.8) is 0 Å². The van der Waals surface area contributed by atoms with E-state index in [-0.39, 0.29) is 12.2 Å². The Balaban J connectivity index is 1.91. The number of benzene rings is 2. The molecule has 1 unspecified atom stereocenters. The second-order valence-electron chi connectivity index (χ2n) is 5.71. The summed E-state index contributed by atoms with van der Waals surface area (Å²) in [5.41, 5.74) is 1.28. The lowest BCUT2D eigenvalue weighted by atomic mass is 10.1. The lowest BCUT2D eigenvalue weighted by molar-refractivity contribution is -0.384. The predicted molar refractivity (Wildman–Crippen MR) is 103 cm³/mol. The van der Waals surface area contributed by atoms with Crippen LogP contribution in [0.15, 0.2) is 47.4 Å². The molecule has 0 fully saturated rings. The molecule has 0 spiro atoms. The van der Waals surface area contributed by atoms with Gasteiger partial charge in [-0.15, -0.1) is 11.8 Å². The van der Waals surface area contributed by atoms with Crippen molar-refractivity contribution in [1.82, 2.24) is 5.32 Å². The molecule has 0 aliphatic heterocycles. The smallest absolute Gasteiger partial charge is 0.313 e. The zero-order chi connectivity index (χ0) is 20.0. The highest BCUT2D eigenvalue weighted by Gasteiger charge is 2.17. The van der Waals surface area contributed by atoms with Gasteiger partial charge in [0.2, 0.25) is 0 Å². The molecule has 2 amide bonds. The Kier molecular flexibility index (Phi) is 6.91. The molecular formula is C18H19N3O5S. The number of rotatable bonds is 6. The number of hydrogen-bond acceptors (Lipinski definition) is 6. The standard InChI is InChI=1S/C18H19N3O5S/c1-11-9-13(21(25)26)5-8-15(11)20-18(24)17(23)19-10-16(22)12-3-6-14(27-2)7-4-12/h3-9,16,22H,10H2,1-2H3,(H,19,23)(H,20,24). The largest absolute Gasteiger partial charge is 0.387 e. The van der Waals surface area contributed by atoms with Gasteiger partial charge < -0.3 is 15.7 Å². The van der Waals surface area contributed by atoms with Crippen LogP contribution >= 0.6 is 11.8 Å². The fraction of sp³-hybridized carbons (Fsp3) is 0.222. The average molecular weight is 389 g/mol. The average Bonchev–Trinajstić information content (AvgIpc) is 2.67. The highest BCUT2D eigenvalue weighted by atomic mass is 32.2. The van der Waals surface area contributed by atoms with Crippen LogP contribution in [0.3, 0.4) is 0 Å². The first-order chi connectivity index (χ1) is 12.8. The van der Waals surface area contributed by atoms with E-state index in [4.69, 9.17) is 0 Å². The molecule has 0 bridgehead atoms. The second-order valence-corrected chi connectivity index (χ2v) is 6.59. The van der Waals surface area contributed by atoms with Crippen molar-refractivity contribution < 1.29 is 19.6 Å². The fourth-order valence-corrected chi connectivity index (χ4v) is 2.70. The Bertz CT molecular complexity index is 855. The van der Waals surface area contributed by atoms with E-state index in [2.05, 4.69) is 10.6 Å². The van der Waals surface area contributed by atoms with Crippen LogP contribution in [0.4, 0.5) is 11.4 Å².